The SMILES string of the molecule is CNc1cccc(C(=O)NCCc2ccccc2C)c1. The topological polar surface area (TPSA) is 41.1 Å². The zero-order chi connectivity index (χ0) is 14.4. The lowest BCUT2D eigenvalue weighted by Gasteiger charge is -2.08. The maximum atomic E-state index is 12.0. The predicted octanol–water partition coefficient (Wildman–Crippen LogP) is 3.01. The number of carbonyl (C=O) groups is 1. The lowest BCUT2D eigenvalue weighted by Crippen LogP contribution is -2.25. The minimum absolute atomic E-state index is 0.0318. The zero-order valence-corrected chi connectivity index (χ0v) is 11.9. The van der Waals surface area contributed by atoms with Crippen molar-refractivity contribution in [2.75, 3.05) is 18.9 Å². The maximum Gasteiger partial charge on any atom is 0.251 e. The van der Waals surface area contributed by atoms with Crippen molar-refractivity contribution < 1.29 is 4.79 Å². The molecule has 0 aliphatic rings. The van der Waals surface area contributed by atoms with E-state index in [0.717, 1.165) is 12.1 Å². The van der Waals surface area contributed by atoms with Crippen molar-refractivity contribution in [2.45, 2.75) is 13.3 Å². The molecule has 2 N–H and O–H groups in total. The molecule has 2 aromatic rings. The summed E-state index contributed by atoms with van der Waals surface area (Å²) in [5.74, 6) is -0.0318. The molecule has 0 atom stereocenters. The molecule has 0 heterocycles. The van der Waals surface area contributed by atoms with E-state index in [1.807, 2.05) is 43.4 Å². The molecule has 2 aromatic carbocycles. The standard InChI is InChI=1S/C17H20N2O/c1-13-6-3-4-7-14(13)10-11-19-17(20)15-8-5-9-16(12-15)18-2/h3-9,12,18H,10-11H2,1-2H3,(H,19,20). The van der Waals surface area contributed by atoms with E-state index in [1.165, 1.54) is 11.1 Å². The van der Waals surface area contributed by atoms with Crippen molar-refractivity contribution in [2.24, 2.45) is 0 Å². The van der Waals surface area contributed by atoms with Gasteiger partial charge in [-0.25, -0.2) is 0 Å². The van der Waals surface area contributed by atoms with E-state index in [9.17, 15) is 4.79 Å². The normalized spacial score (nSPS) is 10.1. The van der Waals surface area contributed by atoms with Gasteiger partial charge in [0, 0.05) is 24.8 Å². The second-order valence-electron chi connectivity index (χ2n) is 4.76. The second-order valence-corrected chi connectivity index (χ2v) is 4.76. The fraction of sp³-hybridized carbons (Fsp3) is 0.235. The van der Waals surface area contributed by atoms with Crippen LogP contribution in [0.5, 0.6) is 0 Å². The summed E-state index contributed by atoms with van der Waals surface area (Å²) >= 11 is 0. The van der Waals surface area contributed by atoms with Gasteiger partial charge in [-0.2, -0.15) is 0 Å². The van der Waals surface area contributed by atoms with Crippen molar-refractivity contribution in [1.29, 1.82) is 0 Å². The van der Waals surface area contributed by atoms with Crippen LogP contribution in [-0.4, -0.2) is 19.5 Å². The Hall–Kier alpha value is -2.29. The molecule has 0 aliphatic heterocycles. The Kier molecular flexibility index (Phi) is 4.77. The average Bonchev–Trinajstić information content (AvgIpc) is 2.49. The van der Waals surface area contributed by atoms with Crippen molar-refractivity contribution in [1.82, 2.24) is 5.32 Å². The van der Waals surface area contributed by atoms with Crippen LogP contribution in [-0.2, 0) is 6.42 Å². The fourth-order valence-electron chi connectivity index (χ4n) is 2.12. The highest BCUT2D eigenvalue weighted by Gasteiger charge is 2.05. The molecule has 0 unspecified atom stereocenters. The summed E-state index contributed by atoms with van der Waals surface area (Å²) in [5, 5.41) is 5.99. The predicted molar refractivity (Wildman–Crippen MR) is 83.2 cm³/mol. The molecule has 104 valence electrons. The lowest BCUT2D eigenvalue weighted by atomic mass is 10.1. The van der Waals surface area contributed by atoms with E-state index in [4.69, 9.17) is 0 Å². The van der Waals surface area contributed by atoms with Crippen molar-refractivity contribution in [3.8, 4) is 0 Å². The number of hydrogen-bond acceptors (Lipinski definition) is 2. The van der Waals surface area contributed by atoms with Gasteiger partial charge in [-0.05, 0) is 42.7 Å². The van der Waals surface area contributed by atoms with Crippen molar-refractivity contribution in [3.05, 3.63) is 65.2 Å². The number of benzene rings is 2. The van der Waals surface area contributed by atoms with E-state index >= 15 is 0 Å². The third-order valence-electron chi connectivity index (χ3n) is 3.35. The third-order valence-corrected chi connectivity index (χ3v) is 3.35. The molecule has 20 heavy (non-hydrogen) atoms. The van der Waals surface area contributed by atoms with Crippen molar-refractivity contribution >= 4 is 11.6 Å². The van der Waals surface area contributed by atoms with Crippen LogP contribution in [0.4, 0.5) is 5.69 Å². The van der Waals surface area contributed by atoms with Crippen molar-refractivity contribution in [3.63, 3.8) is 0 Å². The minimum Gasteiger partial charge on any atom is -0.388 e. The van der Waals surface area contributed by atoms with Gasteiger partial charge in [0.1, 0.15) is 0 Å². The van der Waals surface area contributed by atoms with Gasteiger partial charge in [0.15, 0.2) is 0 Å². The van der Waals surface area contributed by atoms with Gasteiger partial charge in [0.25, 0.3) is 5.91 Å². The Morgan fingerprint density at radius 2 is 1.90 bits per heavy atom. The number of amides is 1. The summed E-state index contributed by atoms with van der Waals surface area (Å²) in [6.07, 6.45) is 0.851. The van der Waals surface area contributed by atoms with Crippen LogP contribution in [0.15, 0.2) is 48.5 Å². The molecule has 0 bridgehead atoms. The molecule has 0 saturated carbocycles. The molecule has 2 rings (SSSR count). The Morgan fingerprint density at radius 3 is 2.65 bits per heavy atom. The number of rotatable bonds is 5. The van der Waals surface area contributed by atoms with Gasteiger partial charge in [-0.15, -0.1) is 0 Å². The lowest BCUT2D eigenvalue weighted by molar-refractivity contribution is 0.0954. The first-order chi connectivity index (χ1) is 9.70. The number of anilines is 1. The van der Waals surface area contributed by atoms with Crippen LogP contribution in [0.2, 0.25) is 0 Å². The molecular formula is C17H20N2O. The van der Waals surface area contributed by atoms with Gasteiger partial charge >= 0.3 is 0 Å². The highest BCUT2D eigenvalue weighted by atomic mass is 16.1. The van der Waals surface area contributed by atoms with Crippen LogP contribution in [0.3, 0.4) is 0 Å². The summed E-state index contributed by atoms with van der Waals surface area (Å²) in [6.45, 7) is 2.74. The molecule has 3 heteroatoms. The summed E-state index contributed by atoms with van der Waals surface area (Å²) < 4.78 is 0. The van der Waals surface area contributed by atoms with Crippen LogP contribution in [0.25, 0.3) is 0 Å². The molecule has 0 saturated heterocycles. The Morgan fingerprint density at radius 1 is 1.10 bits per heavy atom. The summed E-state index contributed by atoms with van der Waals surface area (Å²) in [7, 11) is 1.84. The molecule has 0 aliphatic carbocycles. The summed E-state index contributed by atoms with van der Waals surface area (Å²) in [6, 6.07) is 15.7. The molecule has 0 spiro atoms. The van der Waals surface area contributed by atoms with E-state index < -0.39 is 0 Å². The van der Waals surface area contributed by atoms with Crippen LogP contribution < -0.4 is 10.6 Å². The quantitative estimate of drug-likeness (QED) is 0.875. The van der Waals surface area contributed by atoms with E-state index in [0.29, 0.717) is 12.1 Å². The first-order valence-corrected chi connectivity index (χ1v) is 6.81. The highest BCUT2D eigenvalue weighted by molar-refractivity contribution is 5.95. The molecule has 3 nitrogen and oxygen atoms in total. The Labute approximate surface area is 120 Å². The molecule has 0 radical (unpaired) electrons. The summed E-state index contributed by atoms with van der Waals surface area (Å²) in [5.41, 5.74) is 4.16. The van der Waals surface area contributed by atoms with E-state index in [-0.39, 0.29) is 5.91 Å². The monoisotopic (exact) mass is 268 g/mol. The Bertz CT molecular complexity index is 593. The highest BCUT2D eigenvalue weighted by Crippen LogP contribution is 2.10. The van der Waals surface area contributed by atoms with Gasteiger partial charge in [-0.1, -0.05) is 30.3 Å². The molecule has 0 aromatic heterocycles. The minimum atomic E-state index is -0.0318. The first-order valence-electron chi connectivity index (χ1n) is 6.81. The molecular weight excluding hydrogens is 248 g/mol. The molecule has 0 fully saturated rings. The third kappa shape index (κ3) is 3.60. The van der Waals surface area contributed by atoms with Gasteiger partial charge in [-0.3, -0.25) is 4.79 Å². The van der Waals surface area contributed by atoms with Crippen LogP contribution in [0, 0.1) is 6.92 Å². The van der Waals surface area contributed by atoms with Gasteiger partial charge in [0.2, 0.25) is 0 Å². The zero-order valence-electron chi connectivity index (χ0n) is 11.9. The largest absolute Gasteiger partial charge is 0.388 e. The van der Waals surface area contributed by atoms with Crippen LogP contribution >= 0.6 is 0 Å². The number of aryl methyl sites for hydroxylation is 1. The maximum absolute atomic E-state index is 12.0. The van der Waals surface area contributed by atoms with Crippen LogP contribution in [0.1, 0.15) is 21.5 Å². The fourth-order valence-corrected chi connectivity index (χ4v) is 2.12. The summed E-state index contributed by atoms with van der Waals surface area (Å²) in [4.78, 5) is 12.0. The average molecular weight is 268 g/mol. The first kappa shape index (κ1) is 14.1. The smallest absolute Gasteiger partial charge is 0.251 e. The number of nitrogens with one attached hydrogen (secondary N) is 2. The van der Waals surface area contributed by atoms with Gasteiger partial charge in [0.05, 0.1) is 0 Å². The van der Waals surface area contributed by atoms with E-state index in [1.54, 1.807) is 0 Å². The number of carbonyl (C=O) groups excluding carboxylic acids is 1. The second kappa shape index (κ2) is 6.75. The Balaban J connectivity index is 1.91. The van der Waals surface area contributed by atoms with Gasteiger partial charge < -0.3 is 10.6 Å². The number of hydrogen-bond donors (Lipinski definition) is 2. The molecule has 1 amide bonds. The van der Waals surface area contributed by atoms with E-state index in [2.05, 4.69) is 29.7 Å².